The molecule has 9 nitrogen and oxygen atoms in total. The van der Waals surface area contributed by atoms with Crippen LogP contribution in [0, 0.1) is 12.8 Å². The maximum absolute atomic E-state index is 13.1. The number of pyridine rings is 1. The smallest absolute Gasteiger partial charge is 0.341 e. The lowest BCUT2D eigenvalue weighted by atomic mass is 9.89. The number of piperidine rings is 1. The predicted octanol–water partition coefficient (Wildman–Crippen LogP) is 4.73. The third kappa shape index (κ3) is 5.53. The second kappa shape index (κ2) is 10.1. The molecular weight excluding hydrogens is 485 g/mol. The van der Waals surface area contributed by atoms with Gasteiger partial charge in [0.1, 0.15) is 29.4 Å². The SMILES string of the molecule is Cc1ccc(NC(=O)C[C@H]2CCN[C@H](C(F)(F)F)C2)cc1Nc1ncccc1-c1ncnc2nc[nH]c12. The first-order valence-corrected chi connectivity index (χ1v) is 11.8. The van der Waals surface area contributed by atoms with Crippen molar-refractivity contribution in [2.75, 3.05) is 17.2 Å². The summed E-state index contributed by atoms with van der Waals surface area (Å²) in [5.74, 6) is -0.0977. The number of benzene rings is 1. The van der Waals surface area contributed by atoms with E-state index in [9.17, 15) is 18.0 Å². The number of amides is 1. The van der Waals surface area contributed by atoms with Crippen LogP contribution in [0.2, 0.25) is 0 Å². The molecule has 2 atom stereocenters. The minimum atomic E-state index is -4.31. The van der Waals surface area contributed by atoms with E-state index in [1.807, 2.05) is 19.1 Å². The fourth-order valence-corrected chi connectivity index (χ4v) is 4.53. The quantitative estimate of drug-likeness (QED) is 0.296. The Kier molecular flexibility index (Phi) is 6.74. The first-order chi connectivity index (χ1) is 17.8. The molecule has 37 heavy (non-hydrogen) atoms. The molecule has 0 spiro atoms. The minimum Gasteiger partial charge on any atom is -0.341 e. The van der Waals surface area contributed by atoms with Crippen LogP contribution in [0.4, 0.5) is 30.4 Å². The van der Waals surface area contributed by atoms with Gasteiger partial charge in [0.15, 0.2) is 5.65 Å². The average Bonchev–Trinajstić information content (AvgIpc) is 3.35. The number of nitrogens with zero attached hydrogens (tertiary/aromatic N) is 4. The Hall–Kier alpha value is -4.06. The molecule has 0 bridgehead atoms. The molecular formula is C25H25F3N8O. The highest BCUT2D eigenvalue weighted by Gasteiger charge is 2.42. The lowest BCUT2D eigenvalue weighted by molar-refractivity contribution is -0.164. The molecule has 1 fully saturated rings. The van der Waals surface area contributed by atoms with E-state index in [0.717, 1.165) is 11.1 Å². The Morgan fingerprint density at radius 2 is 2.03 bits per heavy atom. The molecule has 12 heteroatoms. The third-order valence-corrected chi connectivity index (χ3v) is 6.44. The van der Waals surface area contributed by atoms with Gasteiger partial charge in [-0.1, -0.05) is 6.07 Å². The fourth-order valence-electron chi connectivity index (χ4n) is 4.53. The van der Waals surface area contributed by atoms with E-state index < -0.39 is 12.2 Å². The lowest BCUT2D eigenvalue weighted by Gasteiger charge is -2.31. The molecule has 1 aliphatic rings. The molecule has 0 aliphatic carbocycles. The molecule has 5 rings (SSSR count). The number of fused-ring (bicyclic) bond motifs is 1. The topological polar surface area (TPSA) is 121 Å². The highest BCUT2D eigenvalue weighted by atomic mass is 19.4. The molecule has 1 amide bonds. The molecule has 0 unspecified atom stereocenters. The Labute approximate surface area is 210 Å². The van der Waals surface area contributed by atoms with Crippen LogP contribution in [0.3, 0.4) is 0 Å². The third-order valence-electron chi connectivity index (χ3n) is 6.44. The zero-order valence-electron chi connectivity index (χ0n) is 19.9. The van der Waals surface area contributed by atoms with Crippen LogP contribution in [-0.4, -0.2) is 49.6 Å². The maximum Gasteiger partial charge on any atom is 0.403 e. The Morgan fingerprint density at radius 1 is 1.16 bits per heavy atom. The number of hydrogen-bond donors (Lipinski definition) is 4. The minimum absolute atomic E-state index is 0.0309. The van der Waals surface area contributed by atoms with E-state index in [2.05, 4.69) is 40.9 Å². The van der Waals surface area contributed by atoms with Crippen molar-refractivity contribution in [2.24, 2.45) is 5.92 Å². The number of halogens is 3. The lowest BCUT2D eigenvalue weighted by Crippen LogP contribution is -2.48. The summed E-state index contributed by atoms with van der Waals surface area (Å²) in [6.45, 7) is 2.16. The Bertz CT molecular complexity index is 1420. The van der Waals surface area contributed by atoms with E-state index in [4.69, 9.17) is 0 Å². The van der Waals surface area contributed by atoms with Crippen LogP contribution in [0.15, 0.2) is 49.2 Å². The number of nitrogens with one attached hydrogen (secondary N) is 4. The molecule has 0 saturated carbocycles. The normalized spacial score (nSPS) is 18.1. The second-order valence-electron chi connectivity index (χ2n) is 9.07. The van der Waals surface area contributed by atoms with Crippen LogP contribution in [-0.2, 0) is 4.79 Å². The van der Waals surface area contributed by atoms with E-state index >= 15 is 0 Å². The van der Waals surface area contributed by atoms with Gasteiger partial charge in [0.05, 0.1) is 6.33 Å². The Balaban J connectivity index is 1.32. The van der Waals surface area contributed by atoms with Crippen molar-refractivity contribution in [3.63, 3.8) is 0 Å². The molecule has 4 N–H and O–H groups in total. The first kappa shape index (κ1) is 24.6. The summed E-state index contributed by atoms with van der Waals surface area (Å²) in [6.07, 6.45) is 0.786. The number of H-pyrrole nitrogens is 1. The van der Waals surface area contributed by atoms with Crippen LogP contribution >= 0.6 is 0 Å². The van der Waals surface area contributed by atoms with E-state index in [-0.39, 0.29) is 31.2 Å². The summed E-state index contributed by atoms with van der Waals surface area (Å²) in [4.78, 5) is 33.0. The van der Waals surface area contributed by atoms with E-state index in [0.29, 0.717) is 40.5 Å². The number of aryl methyl sites for hydroxylation is 1. The highest BCUT2D eigenvalue weighted by molar-refractivity contribution is 5.93. The van der Waals surface area contributed by atoms with Gasteiger partial charge in [-0.05, 0) is 62.1 Å². The van der Waals surface area contributed by atoms with Gasteiger partial charge in [0.25, 0.3) is 0 Å². The summed E-state index contributed by atoms with van der Waals surface area (Å²) in [6, 6.07) is 7.50. The summed E-state index contributed by atoms with van der Waals surface area (Å²) < 4.78 is 39.2. The van der Waals surface area contributed by atoms with Gasteiger partial charge in [-0.15, -0.1) is 0 Å². The van der Waals surface area contributed by atoms with Crippen molar-refractivity contribution in [1.29, 1.82) is 0 Å². The first-order valence-electron chi connectivity index (χ1n) is 11.8. The number of alkyl halides is 3. The van der Waals surface area contributed by atoms with Crippen molar-refractivity contribution in [2.45, 2.75) is 38.4 Å². The summed E-state index contributed by atoms with van der Waals surface area (Å²) >= 11 is 0. The zero-order valence-corrected chi connectivity index (χ0v) is 19.9. The molecule has 192 valence electrons. The average molecular weight is 511 g/mol. The summed E-state index contributed by atoms with van der Waals surface area (Å²) in [7, 11) is 0. The number of aromatic amines is 1. The van der Waals surface area contributed by atoms with Crippen LogP contribution in [0.1, 0.15) is 24.8 Å². The van der Waals surface area contributed by atoms with Crippen molar-refractivity contribution in [1.82, 2.24) is 30.2 Å². The van der Waals surface area contributed by atoms with Gasteiger partial charge in [-0.3, -0.25) is 4.79 Å². The van der Waals surface area contributed by atoms with E-state index in [1.165, 1.54) is 6.33 Å². The van der Waals surface area contributed by atoms with Crippen LogP contribution in [0.5, 0.6) is 0 Å². The zero-order chi connectivity index (χ0) is 26.0. The number of hydrogen-bond acceptors (Lipinski definition) is 7. The number of carbonyl (C=O) groups is 1. The van der Waals surface area contributed by atoms with Crippen LogP contribution in [0.25, 0.3) is 22.4 Å². The van der Waals surface area contributed by atoms with Gasteiger partial charge < -0.3 is 20.9 Å². The highest BCUT2D eigenvalue weighted by Crippen LogP contribution is 2.33. The van der Waals surface area contributed by atoms with Crippen molar-refractivity contribution >= 4 is 34.3 Å². The Morgan fingerprint density at radius 3 is 2.86 bits per heavy atom. The van der Waals surface area contributed by atoms with Gasteiger partial charge in [-0.25, -0.2) is 19.9 Å². The summed E-state index contributed by atoms with van der Waals surface area (Å²) in [5.41, 5.74) is 4.76. The standard InChI is InChI=1S/C25H25F3N8O/c1-14-4-5-16(35-20(37)10-15-6-8-29-19(9-15)25(26,27)28)11-18(14)36-23-17(3-2-7-30-23)21-22-24(33-12-31-21)34-13-32-22/h2-5,7,11-13,15,19,29H,6,8-10H2,1H3,(H,30,36)(H,35,37)(H,31,32,33,34)/t15-,19-/m0/s1. The number of rotatable bonds is 6. The molecule has 4 aromatic rings. The monoisotopic (exact) mass is 510 g/mol. The fraction of sp³-hybridized carbons (Fsp3) is 0.320. The van der Waals surface area contributed by atoms with Gasteiger partial charge in [-0.2, -0.15) is 13.2 Å². The molecule has 3 aromatic heterocycles. The number of carbonyl (C=O) groups excluding carboxylic acids is 1. The van der Waals surface area contributed by atoms with Gasteiger partial charge in [0.2, 0.25) is 5.91 Å². The number of imidazole rings is 1. The number of anilines is 3. The van der Waals surface area contributed by atoms with Crippen LogP contribution < -0.4 is 16.0 Å². The largest absolute Gasteiger partial charge is 0.403 e. The van der Waals surface area contributed by atoms with Crippen molar-refractivity contribution in [3.05, 3.63) is 54.7 Å². The molecule has 1 aromatic carbocycles. The van der Waals surface area contributed by atoms with Crippen molar-refractivity contribution in [3.8, 4) is 11.3 Å². The molecule has 1 saturated heterocycles. The van der Waals surface area contributed by atoms with Gasteiger partial charge in [0, 0.05) is 29.6 Å². The predicted molar refractivity (Wildman–Crippen MR) is 133 cm³/mol. The number of aromatic nitrogens is 5. The van der Waals surface area contributed by atoms with Crippen molar-refractivity contribution < 1.29 is 18.0 Å². The molecule has 1 aliphatic heterocycles. The second-order valence-corrected chi connectivity index (χ2v) is 9.07. The maximum atomic E-state index is 13.1. The molecule has 4 heterocycles. The van der Waals surface area contributed by atoms with E-state index in [1.54, 1.807) is 30.7 Å². The molecule has 0 radical (unpaired) electrons. The van der Waals surface area contributed by atoms with Gasteiger partial charge >= 0.3 is 6.18 Å². The summed E-state index contributed by atoms with van der Waals surface area (Å²) in [5, 5.41) is 8.64.